The first-order valence-corrected chi connectivity index (χ1v) is 8.48. The van der Waals surface area contributed by atoms with Gasteiger partial charge in [0, 0.05) is 18.2 Å². The Hall–Kier alpha value is -1.33. The van der Waals surface area contributed by atoms with Gasteiger partial charge < -0.3 is 14.2 Å². The minimum absolute atomic E-state index is 0.105. The maximum Gasteiger partial charge on any atom is 0.494 e. The summed E-state index contributed by atoms with van der Waals surface area (Å²) in [4.78, 5) is 14.7. The Labute approximate surface area is 139 Å². The van der Waals surface area contributed by atoms with E-state index < -0.39 is 7.12 Å². The molecule has 2 heterocycles. The summed E-state index contributed by atoms with van der Waals surface area (Å²) in [5.74, 6) is 0.105. The number of carbonyl (C=O) groups excluding carboxylic acids is 1. The highest BCUT2D eigenvalue weighted by molar-refractivity contribution is 6.62. The summed E-state index contributed by atoms with van der Waals surface area (Å²) in [5, 5.41) is 0. The molecule has 0 aromatic heterocycles. The highest BCUT2D eigenvalue weighted by Gasteiger charge is 2.51. The molecule has 5 heteroatoms. The fourth-order valence-corrected chi connectivity index (χ4v) is 3.20. The monoisotopic (exact) mass is 315 g/mol. The quantitative estimate of drug-likeness (QED) is 0.788. The van der Waals surface area contributed by atoms with Crippen molar-refractivity contribution in [1.29, 1.82) is 0 Å². The van der Waals surface area contributed by atoms with Crippen molar-refractivity contribution < 1.29 is 14.1 Å². The number of likely N-dealkylation sites (tertiary alicyclic amines) is 1. The highest BCUT2D eigenvalue weighted by Crippen LogP contribution is 2.36. The minimum Gasteiger partial charge on any atom is -0.399 e. The molecule has 0 radical (unpaired) electrons. The Morgan fingerprint density at radius 3 is 2.43 bits per heavy atom. The van der Waals surface area contributed by atoms with Crippen molar-refractivity contribution in [3.63, 3.8) is 0 Å². The Bertz CT molecular complexity index is 598. The van der Waals surface area contributed by atoms with Gasteiger partial charge in [-0.15, -0.1) is 0 Å². The van der Waals surface area contributed by atoms with E-state index in [9.17, 15) is 4.79 Å². The van der Waals surface area contributed by atoms with Crippen LogP contribution in [0.5, 0.6) is 0 Å². The van der Waals surface area contributed by atoms with E-state index in [0.717, 1.165) is 24.8 Å². The predicted octanol–water partition coefficient (Wildman–Crippen LogP) is 2.61. The van der Waals surface area contributed by atoms with Gasteiger partial charge in [-0.1, -0.05) is 12.1 Å². The second kappa shape index (κ2) is 5.64. The van der Waals surface area contributed by atoms with E-state index in [1.807, 2.05) is 56.9 Å². The Morgan fingerprint density at radius 1 is 1.22 bits per heavy atom. The van der Waals surface area contributed by atoms with Gasteiger partial charge in [-0.3, -0.25) is 4.79 Å². The molecule has 23 heavy (non-hydrogen) atoms. The largest absolute Gasteiger partial charge is 0.494 e. The molecule has 1 aromatic carbocycles. The van der Waals surface area contributed by atoms with E-state index in [1.54, 1.807) is 0 Å². The van der Waals surface area contributed by atoms with Gasteiger partial charge in [0.1, 0.15) is 0 Å². The van der Waals surface area contributed by atoms with E-state index in [1.165, 1.54) is 0 Å². The van der Waals surface area contributed by atoms with Crippen LogP contribution >= 0.6 is 0 Å². The van der Waals surface area contributed by atoms with Crippen LogP contribution in [0.1, 0.15) is 57.8 Å². The van der Waals surface area contributed by atoms with Gasteiger partial charge >= 0.3 is 7.12 Å². The van der Waals surface area contributed by atoms with Crippen molar-refractivity contribution in [3.05, 3.63) is 29.8 Å². The number of hydrogen-bond donors (Lipinski definition) is 0. The summed E-state index contributed by atoms with van der Waals surface area (Å²) in [6, 6.07) is 7.99. The van der Waals surface area contributed by atoms with Gasteiger partial charge in [-0.25, -0.2) is 0 Å². The first-order chi connectivity index (χ1) is 10.7. The maximum absolute atomic E-state index is 12.7. The van der Waals surface area contributed by atoms with Crippen LogP contribution in [0.4, 0.5) is 0 Å². The third-order valence-electron chi connectivity index (χ3n) is 5.47. The normalized spacial score (nSPS) is 25.9. The second-order valence-electron chi connectivity index (χ2n) is 7.70. The van der Waals surface area contributed by atoms with E-state index in [2.05, 4.69) is 6.92 Å². The molecule has 0 bridgehead atoms. The first kappa shape index (κ1) is 16.5. The lowest BCUT2D eigenvalue weighted by atomic mass is 9.78. The zero-order chi connectivity index (χ0) is 16.8. The third-order valence-corrected chi connectivity index (χ3v) is 5.47. The van der Waals surface area contributed by atoms with Crippen molar-refractivity contribution in [1.82, 2.24) is 4.90 Å². The lowest BCUT2D eigenvalue weighted by molar-refractivity contribution is 0.00578. The molecule has 0 spiro atoms. The SMILES string of the molecule is CC1CCCN1C(=O)c1cccc(B2OC(C)(C)C(C)(C)O2)c1. The number of rotatable bonds is 2. The Kier molecular flexibility index (Phi) is 4.05. The van der Waals surface area contributed by atoms with Crippen molar-refractivity contribution in [3.8, 4) is 0 Å². The molecule has 4 nitrogen and oxygen atoms in total. The van der Waals surface area contributed by atoms with Gasteiger partial charge in [-0.05, 0) is 65.1 Å². The average molecular weight is 315 g/mol. The molecule has 2 aliphatic heterocycles. The van der Waals surface area contributed by atoms with E-state index in [4.69, 9.17) is 9.31 Å². The Balaban J connectivity index is 1.82. The molecule has 2 fully saturated rings. The molecule has 1 unspecified atom stereocenters. The average Bonchev–Trinajstić information content (AvgIpc) is 2.99. The predicted molar refractivity (Wildman–Crippen MR) is 91.9 cm³/mol. The second-order valence-corrected chi connectivity index (χ2v) is 7.70. The van der Waals surface area contributed by atoms with Crippen LogP contribution in [0.2, 0.25) is 0 Å². The molecule has 0 saturated carbocycles. The van der Waals surface area contributed by atoms with Gasteiger partial charge in [-0.2, -0.15) is 0 Å². The number of benzene rings is 1. The molecule has 124 valence electrons. The molecular weight excluding hydrogens is 289 g/mol. The fourth-order valence-electron chi connectivity index (χ4n) is 3.20. The van der Waals surface area contributed by atoms with Crippen molar-refractivity contribution in [2.75, 3.05) is 6.54 Å². The number of hydrogen-bond acceptors (Lipinski definition) is 3. The molecule has 2 saturated heterocycles. The van der Waals surface area contributed by atoms with Crippen molar-refractivity contribution >= 4 is 18.5 Å². The number of amides is 1. The summed E-state index contributed by atoms with van der Waals surface area (Å²) in [7, 11) is -0.427. The standard InChI is InChI=1S/C18H26BNO3/c1-13-8-7-11-20(13)16(21)14-9-6-10-15(12-14)19-22-17(2,3)18(4,5)23-19/h6,9-10,12-13H,7-8,11H2,1-5H3. The molecular formula is C18H26BNO3. The topological polar surface area (TPSA) is 38.8 Å². The lowest BCUT2D eigenvalue weighted by Crippen LogP contribution is -2.41. The van der Waals surface area contributed by atoms with Gasteiger partial charge in [0.15, 0.2) is 0 Å². The molecule has 1 amide bonds. The van der Waals surface area contributed by atoms with Gasteiger partial charge in [0.25, 0.3) is 5.91 Å². The summed E-state index contributed by atoms with van der Waals surface area (Å²) in [5.41, 5.74) is 0.870. The zero-order valence-electron chi connectivity index (χ0n) is 14.8. The molecule has 1 aromatic rings. The van der Waals surface area contributed by atoms with Gasteiger partial charge in [0.2, 0.25) is 0 Å². The van der Waals surface area contributed by atoms with Crippen LogP contribution in [-0.4, -0.2) is 41.7 Å². The summed E-state index contributed by atoms with van der Waals surface area (Å²) >= 11 is 0. The number of nitrogens with zero attached hydrogens (tertiary/aromatic N) is 1. The van der Waals surface area contributed by atoms with Crippen LogP contribution in [0.15, 0.2) is 24.3 Å². The molecule has 1 atom stereocenters. The molecule has 2 aliphatic rings. The summed E-state index contributed by atoms with van der Waals surface area (Å²) < 4.78 is 12.2. The zero-order valence-corrected chi connectivity index (χ0v) is 14.8. The number of carbonyl (C=O) groups is 1. The summed E-state index contributed by atoms with van der Waals surface area (Å²) in [6.45, 7) is 11.1. The van der Waals surface area contributed by atoms with Crippen LogP contribution in [0, 0.1) is 0 Å². The smallest absolute Gasteiger partial charge is 0.399 e. The van der Waals surface area contributed by atoms with E-state index >= 15 is 0 Å². The maximum atomic E-state index is 12.7. The van der Waals surface area contributed by atoms with Crippen LogP contribution < -0.4 is 5.46 Å². The van der Waals surface area contributed by atoms with Crippen molar-refractivity contribution in [2.24, 2.45) is 0 Å². The lowest BCUT2D eigenvalue weighted by Gasteiger charge is -2.32. The molecule has 0 aliphatic carbocycles. The van der Waals surface area contributed by atoms with Crippen molar-refractivity contribution in [2.45, 2.75) is 64.7 Å². The van der Waals surface area contributed by atoms with Crippen LogP contribution in [-0.2, 0) is 9.31 Å². The first-order valence-electron chi connectivity index (χ1n) is 8.48. The van der Waals surface area contributed by atoms with Crippen LogP contribution in [0.3, 0.4) is 0 Å². The minimum atomic E-state index is -0.427. The molecule has 3 rings (SSSR count). The van der Waals surface area contributed by atoms with E-state index in [-0.39, 0.29) is 17.1 Å². The van der Waals surface area contributed by atoms with Crippen LogP contribution in [0.25, 0.3) is 0 Å². The fraction of sp³-hybridized carbons (Fsp3) is 0.611. The third kappa shape index (κ3) is 2.92. The van der Waals surface area contributed by atoms with E-state index in [0.29, 0.717) is 11.6 Å². The summed E-state index contributed by atoms with van der Waals surface area (Å²) in [6.07, 6.45) is 2.17. The van der Waals surface area contributed by atoms with Gasteiger partial charge in [0.05, 0.1) is 11.2 Å². The Morgan fingerprint density at radius 2 is 1.87 bits per heavy atom. The molecule has 0 N–H and O–H groups in total. The highest BCUT2D eigenvalue weighted by atomic mass is 16.7.